The maximum Gasteiger partial charge on any atom is 0.340 e. The highest BCUT2D eigenvalue weighted by Gasteiger charge is 2.14. The summed E-state index contributed by atoms with van der Waals surface area (Å²) in [5, 5.41) is 0. The molecule has 1 aromatic carbocycles. The molecule has 0 heterocycles. The van der Waals surface area contributed by atoms with Crippen molar-refractivity contribution >= 4 is 34.2 Å². The Morgan fingerprint density at radius 3 is 2.88 bits per heavy atom. The molecule has 16 heavy (non-hydrogen) atoms. The molecule has 0 radical (unpaired) electrons. The zero-order valence-electron chi connectivity index (χ0n) is 9.20. The average Bonchev–Trinajstić information content (AvgIpc) is 2.21. The summed E-state index contributed by atoms with van der Waals surface area (Å²) in [5.41, 5.74) is 6.53. The predicted octanol–water partition coefficient (Wildman–Crippen LogP) is 2.07. The standard InChI is InChI=1S/C11H14INO3/c1-7(6-15-2)16-11(14)9-5-8(12)3-4-10(9)13/h3-5,7H,6,13H2,1-2H3. The van der Waals surface area contributed by atoms with Crippen molar-refractivity contribution in [2.45, 2.75) is 13.0 Å². The van der Waals surface area contributed by atoms with E-state index < -0.39 is 5.97 Å². The van der Waals surface area contributed by atoms with Crippen LogP contribution in [0.15, 0.2) is 18.2 Å². The molecule has 0 saturated carbocycles. The SMILES string of the molecule is COCC(C)OC(=O)c1cc(I)ccc1N. The van der Waals surface area contributed by atoms with Gasteiger partial charge in [-0.25, -0.2) is 4.79 Å². The van der Waals surface area contributed by atoms with Crippen LogP contribution in [-0.2, 0) is 9.47 Å². The van der Waals surface area contributed by atoms with Crippen LogP contribution >= 0.6 is 22.6 Å². The Morgan fingerprint density at radius 2 is 2.25 bits per heavy atom. The highest BCUT2D eigenvalue weighted by Crippen LogP contribution is 2.17. The Hall–Kier alpha value is -0.820. The lowest BCUT2D eigenvalue weighted by molar-refractivity contribution is 0.0121. The first-order valence-electron chi connectivity index (χ1n) is 4.79. The second kappa shape index (κ2) is 6.05. The fourth-order valence-electron chi connectivity index (χ4n) is 1.22. The molecule has 0 fully saturated rings. The van der Waals surface area contributed by atoms with Gasteiger partial charge in [-0.3, -0.25) is 0 Å². The van der Waals surface area contributed by atoms with Crippen molar-refractivity contribution in [3.8, 4) is 0 Å². The number of methoxy groups -OCH3 is 1. The van der Waals surface area contributed by atoms with E-state index in [1.165, 1.54) is 0 Å². The molecule has 2 N–H and O–H groups in total. The second-order valence-corrected chi connectivity index (χ2v) is 4.65. The van der Waals surface area contributed by atoms with Crippen molar-refractivity contribution in [2.24, 2.45) is 0 Å². The summed E-state index contributed by atoms with van der Waals surface area (Å²) < 4.78 is 11.0. The van der Waals surface area contributed by atoms with Crippen LogP contribution in [0.5, 0.6) is 0 Å². The second-order valence-electron chi connectivity index (χ2n) is 3.40. The lowest BCUT2D eigenvalue weighted by atomic mass is 10.2. The molecule has 0 aliphatic heterocycles. The Bertz CT molecular complexity index is 381. The quantitative estimate of drug-likeness (QED) is 0.520. The minimum Gasteiger partial charge on any atom is -0.457 e. The minimum absolute atomic E-state index is 0.283. The molecule has 1 aromatic rings. The van der Waals surface area contributed by atoms with Gasteiger partial charge in [0.05, 0.1) is 12.2 Å². The molecule has 4 nitrogen and oxygen atoms in total. The van der Waals surface area contributed by atoms with E-state index in [4.69, 9.17) is 15.2 Å². The van der Waals surface area contributed by atoms with Gasteiger partial charge >= 0.3 is 5.97 Å². The number of nitrogens with two attached hydrogens (primary N) is 1. The summed E-state index contributed by atoms with van der Waals surface area (Å²) in [4.78, 5) is 11.7. The number of ether oxygens (including phenoxy) is 2. The van der Waals surface area contributed by atoms with Crippen molar-refractivity contribution < 1.29 is 14.3 Å². The largest absolute Gasteiger partial charge is 0.457 e. The Morgan fingerprint density at radius 1 is 1.56 bits per heavy atom. The van der Waals surface area contributed by atoms with Gasteiger partial charge in [-0.05, 0) is 47.7 Å². The van der Waals surface area contributed by atoms with E-state index in [1.54, 1.807) is 26.2 Å². The summed E-state index contributed by atoms with van der Waals surface area (Å²) >= 11 is 2.12. The Kier molecular flexibility index (Phi) is 5.01. The number of rotatable bonds is 4. The maximum absolute atomic E-state index is 11.7. The van der Waals surface area contributed by atoms with Crippen molar-refractivity contribution in [3.63, 3.8) is 0 Å². The molecule has 0 aliphatic carbocycles. The van der Waals surface area contributed by atoms with Gasteiger partial charge in [-0.15, -0.1) is 0 Å². The third-order valence-corrected chi connectivity index (χ3v) is 2.62. The van der Waals surface area contributed by atoms with Crippen LogP contribution in [-0.4, -0.2) is 25.8 Å². The molecule has 1 unspecified atom stereocenters. The predicted molar refractivity (Wildman–Crippen MR) is 70.3 cm³/mol. The number of nitrogen functional groups attached to an aromatic ring is 1. The number of hydrogen-bond donors (Lipinski definition) is 1. The summed E-state index contributed by atoms with van der Waals surface area (Å²) in [6.07, 6.45) is -0.283. The topological polar surface area (TPSA) is 61.5 Å². The van der Waals surface area contributed by atoms with E-state index in [-0.39, 0.29) is 6.10 Å². The number of carbonyl (C=O) groups excluding carboxylic acids is 1. The van der Waals surface area contributed by atoms with Crippen LogP contribution in [0.3, 0.4) is 0 Å². The van der Waals surface area contributed by atoms with E-state index >= 15 is 0 Å². The van der Waals surface area contributed by atoms with Gasteiger partial charge in [-0.2, -0.15) is 0 Å². The van der Waals surface area contributed by atoms with Crippen LogP contribution in [0.4, 0.5) is 5.69 Å². The molecule has 5 heteroatoms. The normalized spacial score (nSPS) is 12.2. The van der Waals surface area contributed by atoms with Crippen LogP contribution in [0.25, 0.3) is 0 Å². The first kappa shape index (κ1) is 13.2. The molecule has 0 amide bonds. The third-order valence-electron chi connectivity index (χ3n) is 1.94. The lowest BCUT2D eigenvalue weighted by Crippen LogP contribution is -2.20. The van der Waals surface area contributed by atoms with E-state index in [0.29, 0.717) is 17.9 Å². The smallest absolute Gasteiger partial charge is 0.340 e. The van der Waals surface area contributed by atoms with E-state index in [9.17, 15) is 4.79 Å². The van der Waals surface area contributed by atoms with Crippen molar-refractivity contribution in [1.82, 2.24) is 0 Å². The zero-order chi connectivity index (χ0) is 12.1. The molecule has 1 rings (SSSR count). The van der Waals surface area contributed by atoms with Gasteiger partial charge in [-0.1, -0.05) is 0 Å². The van der Waals surface area contributed by atoms with Crippen molar-refractivity contribution in [3.05, 3.63) is 27.3 Å². The highest BCUT2D eigenvalue weighted by molar-refractivity contribution is 14.1. The highest BCUT2D eigenvalue weighted by atomic mass is 127. The Balaban J connectivity index is 2.76. The molecule has 0 aliphatic rings. The van der Waals surface area contributed by atoms with Crippen LogP contribution in [0.2, 0.25) is 0 Å². The summed E-state index contributed by atoms with van der Waals surface area (Å²) in [6.45, 7) is 2.14. The van der Waals surface area contributed by atoms with Gasteiger partial charge in [0.1, 0.15) is 6.10 Å². The number of halogens is 1. The molecule has 88 valence electrons. The van der Waals surface area contributed by atoms with E-state index in [0.717, 1.165) is 3.57 Å². The number of anilines is 1. The molecular formula is C11H14INO3. The fourth-order valence-corrected chi connectivity index (χ4v) is 1.71. The van der Waals surface area contributed by atoms with Gasteiger partial charge in [0, 0.05) is 16.4 Å². The van der Waals surface area contributed by atoms with Gasteiger partial charge in [0.2, 0.25) is 0 Å². The number of benzene rings is 1. The number of hydrogen-bond acceptors (Lipinski definition) is 4. The van der Waals surface area contributed by atoms with Gasteiger partial charge in [0.15, 0.2) is 0 Å². The molecular weight excluding hydrogens is 321 g/mol. The van der Waals surface area contributed by atoms with Crippen LogP contribution in [0, 0.1) is 3.57 Å². The van der Waals surface area contributed by atoms with Crippen LogP contribution in [0.1, 0.15) is 17.3 Å². The maximum atomic E-state index is 11.7. The molecule has 0 aromatic heterocycles. The minimum atomic E-state index is -0.416. The lowest BCUT2D eigenvalue weighted by Gasteiger charge is -2.13. The van der Waals surface area contributed by atoms with Gasteiger partial charge in [0.25, 0.3) is 0 Å². The molecule has 0 spiro atoms. The summed E-state index contributed by atoms with van der Waals surface area (Å²) in [6, 6.07) is 5.24. The van der Waals surface area contributed by atoms with E-state index in [2.05, 4.69) is 22.6 Å². The number of carbonyl (C=O) groups is 1. The van der Waals surface area contributed by atoms with Crippen LogP contribution < -0.4 is 5.73 Å². The first-order chi connectivity index (χ1) is 7.54. The third kappa shape index (κ3) is 3.64. The summed E-state index contributed by atoms with van der Waals surface area (Å²) in [7, 11) is 1.56. The molecule has 0 bridgehead atoms. The fraction of sp³-hybridized carbons (Fsp3) is 0.364. The van der Waals surface area contributed by atoms with Gasteiger partial charge < -0.3 is 15.2 Å². The average molecular weight is 335 g/mol. The first-order valence-corrected chi connectivity index (χ1v) is 5.87. The Labute approximate surface area is 108 Å². The van der Waals surface area contributed by atoms with Crippen molar-refractivity contribution in [1.29, 1.82) is 0 Å². The zero-order valence-corrected chi connectivity index (χ0v) is 11.4. The van der Waals surface area contributed by atoms with Crippen molar-refractivity contribution in [2.75, 3.05) is 19.5 Å². The summed E-state index contributed by atoms with van der Waals surface area (Å²) in [5.74, 6) is -0.416. The molecule has 1 atom stereocenters. The number of esters is 1. The van der Waals surface area contributed by atoms with E-state index in [1.807, 2.05) is 6.07 Å². The monoisotopic (exact) mass is 335 g/mol. The molecule has 0 saturated heterocycles.